The first-order chi connectivity index (χ1) is 10.0. The van der Waals surface area contributed by atoms with Crippen LogP contribution >= 0.6 is 11.3 Å². The summed E-state index contributed by atoms with van der Waals surface area (Å²) in [6.07, 6.45) is 0.246. The normalized spacial score (nSPS) is 12.0. The molecule has 1 amide bonds. The van der Waals surface area contributed by atoms with E-state index in [2.05, 4.69) is 10.3 Å². The summed E-state index contributed by atoms with van der Waals surface area (Å²) in [5.41, 5.74) is 2.02. The van der Waals surface area contributed by atoms with Gasteiger partial charge in [-0.15, -0.1) is 11.3 Å². The summed E-state index contributed by atoms with van der Waals surface area (Å²) in [4.78, 5) is 16.1. The molecule has 0 saturated heterocycles. The highest BCUT2D eigenvalue weighted by atomic mass is 32.1. The van der Waals surface area contributed by atoms with Crippen LogP contribution in [0.4, 0.5) is 0 Å². The third-order valence-electron chi connectivity index (χ3n) is 2.95. The predicted molar refractivity (Wildman–Crippen MR) is 84.8 cm³/mol. The number of carbonyl (C=O) groups excluding carboxylic acids is 1. The van der Waals surface area contributed by atoms with Crippen LogP contribution in [-0.2, 0) is 11.2 Å². The lowest BCUT2D eigenvalue weighted by Crippen LogP contribution is -2.34. The first-order valence-electron chi connectivity index (χ1n) is 6.94. The average Bonchev–Trinajstić information content (AvgIpc) is 2.84. The Morgan fingerprint density at radius 2 is 2.05 bits per heavy atom. The third kappa shape index (κ3) is 5.19. The Morgan fingerprint density at radius 3 is 2.67 bits per heavy atom. The van der Waals surface area contributed by atoms with Crippen molar-refractivity contribution >= 4 is 17.2 Å². The van der Waals surface area contributed by atoms with Crippen molar-refractivity contribution in [3.63, 3.8) is 0 Å². The minimum atomic E-state index is -0.0752. The Hall–Kier alpha value is -1.88. The highest BCUT2D eigenvalue weighted by molar-refractivity contribution is 7.09. The minimum absolute atomic E-state index is 0.0281. The van der Waals surface area contributed by atoms with E-state index in [0.29, 0.717) is 13.0 Å². The molecule has 0 unspecified atom stereocenters. The van der Waals surface area contributed by atoms with Gasteiger partial charge < -0.3 is 10.1 Å². The Morgan fingerprint density at radius 1 is 1.33 bits per heavy atom. The van der Waals surface area contributed by atoms with E-state index in [4.69, 9.17) is 4.74 Å². The van der Waals surface area contributed by atoms with Crippen LogP contribution in [0.2, 0.25) is 0 Å². The number of benzene rings is 1. The molecule has 21 heavy (non-hydrogen) atoms. The van der Waals surface area contributed by atoms with Gasteiger partial charge in [0.05, 0.1) is 23.7 Å². The number of aromatic nitrogens is 1. The van der Waals surface area contributed by atoms with E-state index in [9.17, 15) is 4.79 Å². The van der Waals surface area contributed by atoms with E-state index >= 15 is 0 Å². The van der Waals surface area contributed by atoms with Crippen LogP contribution in [0.1, 0.15) is 23.2 Å². The fourth-order valence-electron chi connectivity index (χ4n) is 1.86. The van der Waals surface area contributed by atoms with Gasteiger partial charge in [0.25, 0.3) is 0 Å². The second kappa shape index (κ2) is 7.22. The van der Waals surface area contributed by atoms with Crippen LogP contribution < -0.4 is 10.1 Å². The number of thiazole rings is 1. The van der Waals surface area contributed by atoms with Crippen molar-refractivity contribution in [2.45, 2.75) is 33.3 Å². The second-order valence-electron chi connectivity index (χ2n) is 5.08. The molecular weight excluding hydrogens is 284 g/mol. The van der Waals surface area contributed by atoms with Crippen molar-refractivity contribution in [2.24, 2.45) is 0 Å². The summed E-state index contributed by atoms with van der Waals surface area (Å²) in [6.45, 7) is 6.39. The number of nitrogens with one attached hydrogen (secondary N) is 1. The molecule has 1 aromatic carbocycles. The molecule has 1 N–H and O–H groups in total. The van der Waals surface area contributed by atoms with Crippen LogP contribution in [0.25, 0.3) is 0 Å². The fraction of sp³-hybridized carbons (Fsp3) is 0.375. The summed E-state index contributed by atoms with van der Waals surface area (Å²) >= 11 is 1.56. The molecule has 2 aromatic rings. The van der Waals surface area contributed by atoms with Gasteiger partial charge in [-0.3, -0.25) is 4.79 Å². The van der Waals surface area contributed by atoms with Gasteiger partial charge in [-0.1, -0.05) is 17.7 Å². The van der Waals surface area contributed by atoms with Crippen molar-refractivity contribution in [3.05, 3.63) is 45.9 Å². The van der Waals surface area contributed by atoms with Crippen LogP contribution in [0.3, 0.4) is 0 Å². The Labute approximate surface area is 129 Å². The summed E-state index contributed by atoms with van der Waals surface area (Å²) in [6, 6.07) is 7.88. The van der Waals surface area contributed by atoms with Crippen LogP contribution in [0.15, 0.2) is 29.6 Å². The molecular formula is C16H20N2O2S. The summed E-state index contributed by atoms with van der Waals surface area (Å²) in [7, 11) is 0. The molecule has 0 aliphatic heterocycles. The van der Waals surface area contributed by atoms with Gasteiger partial charge in [-0.25, -0.2) is 4.98 Å². The van der Waals surface area contributed by atoms with E-state index in [1.165, 1.54) is 5.56 Å². The molecule has 5 heteroatoms. The summed E-state index contributed by atoms with van der Waals surface area (Å²) in [5, 5.41) is 5.77. The summed E-state index contributed by atoms with van der Waals surface area (Å²) < 4.78 is 5.75. The van der Waals surface area contributed by atoms with Crippen LogP contribution in [-0.4, -0.2) is 23.5 Å². The molecule has 2 rings (SSSR count). The highest BCUT2D eigenvalue weighted by Crippen LogP contribution is 2.13. The lowest BCUT2D eigenvalue weighted by molar-refractivity contribution is -0.120. The maximum atomic E-state index is 11.8. The van der Waals surface area contributed by atoms with Gasteiger partial charge in [0, 0.05) is 5.38 Å². The van der Waals surface area contributed by atoms with Crippen molar-refractivity contribution in [2.75, 3.05) is 6.54 Å². The molecule has 1 atom stereocenters. The van der Waals surface area contributed by atoms with E-state index < -0.39 is 0 Å². The van der Waals surface area contributed by atoms with Crippen molar-refractivity contribution in [1.29, 1.82) is 0 Å². The van der Waals surface area contributed by atoms with E-state index in [1.807, 2.05) is 50.4 Å². The maximum absolute atomic E-state index is 11.8. The topological polar surface area (TPSA) is 51.2 Å². The monoisotopic (exact) mass is 304 g/mol. The highest BCUT2D eigenvalue weighted by Gasteiger charge is 2.09. The molecule has 0 saturated carbocycles. The van der Waals surface area contributed by atoms with Crippen molar-refractivity contribution in [1.82, 2.24) is 10.3 Å². The van der Waals surface area contributed by atoms with Gasteiger partial charge in [0.1, 0.15) is 11.9 Å². The lowest BCUT2D eigenvalue weighted by atomic mass is 10.2. The first-order valence-corrected chi connectivity index (χ1v) is 7.82. The van der Waals surface area contributed by atoms with Crippen LogP contribution in [0.5, 0.6) is 5.75 Å². The number of rotatable bonds is 6. The summed E-state index contributed by atoms with van der Waals surface area (Å²) in [5.74, 6) is 0.789. The maximum Gasteiger partial charge on any atom is 0.226 e. The third-order valence-corrected chi connectivity index (χ3v) is 3.78. The van der Waals surface area contributed by atoms with E-state index in [0.717, 1.165) is 16.5 Å². The van der Waals surface area contributed by atoms with E-state index in [-0.39, 0.29) is 12.0 Å². The predicted octanol–water partition coefficient (Wildman–Crippen LogP) is 2.89. The number of hydrogen-bond acceptors (Lipinski definition) is 4. The minimum Gasteiger partial charge on any atom is -0.489 e. The molecule has 1 aromatic heterocycles. The Kier molecular flexibility index (Phi) is 5.33. The molecule has 112 valence electrons. The zero-order chi connectivity index (χ0) is 15.2. The number of aryl methyl sites for hydroxylation is 2. The van der Waals surface area contributed by atoms with Crippen LogP contribution in [0, 0.1) is 13.8 Å². The molecule has 0 radical (unpaired) electrons. The zero-order valence-corrected chi connectivity index (χ0v) is 13.4. The smallest absolute Gasteiger partial charge is 0.226 e. The Balaban J connectivity index is 1.74. The van der Waals surface area contributed by atoms with Gasteiger partial charge in [-0.05, 0) is 32.9 Å². The van der Waals surface area contributed by atoms with E-state index in [1.54, 1.807) is 11.3 Å². The zero-order valence-electron chi connectivity index (χ0n) is 12.6. The lowest BCUT2D eigenvalue weighted by Gasteiger charge is -2.15. The van der Waals surface area contributed by atoms with Gasteiger partial charge in [0.2, 0.25) is 5.91 Å². The number of ether oxygens (including phenoxy) is 1. The number of amides is 1. The second-order valence-corrected chi connectivity index (χ2v) is 6.14. The van der Waals surface area contributed by atoms with Gasteiger partial charge in [-0.2, -0.15) is 0 Å². The average molecular weight is 304 g/mol. The quantitative estimate of drug-likeness (QED) is 0.893. The number of carbonyl (C=O) groups is 1. The number of hydrogen-bond donors (Lipinski definition) is 1. The SMILES string of the molecule is Cc1ccc(O[C@@H](C)CNC(=O)Cc2csc(C)n2)cc1. The molecule has 0 bridgehead atoms. The standard InChI is InChI=1S/C16H20N2O2S/c1-11-4-6-15(7-5-11)20-12(2)9-17-16(19)8-14-10-21-13(3)18-14/h4-7,10,12H,8-9H2,1-3H3,(H,17,19)/t12-/m0/s1. The molecule has 0 fully saturated rings. The van der Waals surface area contributed by atoms with Crippen molar-refractivity contribution < 1.29 is 9.53 Å². The molecule has 0 aliphatic carbocycles. The molecule has 0 spiro atoms. The molecule has 1 heterocycles. The largest absolute Gasteiger partial charge is 0.489 e. The fourth-order valence-corrected chi connectivity index (χ4v) is 2.48. The number of nitrogens with zero attached hydrogens (tertiary/aromatic N) is 1. The molecule has 4 nitrogen and oxygen atoms in total. The molecule has 0 aliphatic rings. The first kappa shape index (κ1) is 15.5. The Bertz CT molecular complexity index is 593. The van der Waals surface area contributed by atoms with Gasteiger partial charge in [0.15, 0.2) is 0 Å². The van der Waals surface area contributed by atoms with Crippen molar-refractivity contribution in [3.8, 4) is 5.75 Å². The van der Waals surface area contributed by atoms with Gasteiger partial charge >= 0.3 is 0 Å².